The lowest BCUT2D eigenvalue weighted by Crippen LogP contribution is -2.32. The Labute approximate surface area is 312 Å². The summed E-state index contributed by atoms with van der Waals surface area (Å²) in [5, 5.41) is 105. The largest absolute Gasteiger partial charge is 0.481 e. The van der Waals surface area contributed by atoms with E-state index in [1.165, 1.54) is 0 Å². The molecule has 0 aliphatic carbocycles. The van der Waals surface area contributed by atoms with E-state index in [9.17, 15) is 128 Å². The zero-order valence-electron chi connectivity index (χ0n) is 27.4. The quantitative estimate of drug-likeness (QED) is 0.0688. The van der Waals surface area contributed by atoms with E-state index in [0.29, 0.717) is 0 Å². The lowest BCUT2D eigenvalue weighted by atomic mass is 9.86. The molecule has 2 aromatic carbocycles. The second-order valence-electron chi connectivity index (χ2n) is 10.5. The summed E-state index contributed by atoms with van der Waals surface area (Å²) < 4.78 is 8.42. The van der Waals surface area contributed by atoms with Gasteiger partial charge in [-0.15, -0.1) is 0 Å². The van der Waals surface area contributed by atoms with Crippen LogP contribution in [0.3, 0.4) is 0 Å². The monoisotopic (exact) mass is 824 g/mol. The minimum atomic E-state index is -2.70. The third-order valence-corrected chi connectivity index (χ3v) is 7.11. The number of esters is 4. The van der Waals surface area contributed by atoms with Crippen LogP contribution in [0.25, 0.3) is 0 Å². The average molecular weight is 824 g/mol. The van der Waals surface area contributed by atoms with Crippen LogP contribution in [0.15, 0.2) is 0 Å². The van der Waals surface area contributed by atoms with Crippen LogP contribution in [-0.4, -0.2) is 146 Å². The Morgan fingerprint density at radius 2 is 0.517 bits per heavy atom. The molecule has 11 N–H and O–H groups in total. The number of carboxylic acid groups (broad SMARTS) is 11. The second-order valence-corrected chi connectivity index (χ2v) is 10.5. The Morgan fingerprint density at radius 3 is 0.724 bits per heavy atom. The highest BCUT2D eigenvalue weighted by Crippen LogP contribution is 2.33. The maximum atomic E-state index is 13.2. The maximum absolute atomic E-state index is 13.2. The number of hydrogen-bond donors (Lipinski definition) is 11. The average Bonchev–Trinajstić information content (AvgIpc) is 3.07. The first-order valence-electron chi connectivity index (χ1n) is 14.2. The van der Waals surface area contributed by atoms with Crippen LogP contribution in [0, 0.1) is 5.92 Å². The van der Waals surface area contributed by atoms with E-state index < -0.39 is 175 Å². The molecule has 0 amide bonds. The number of rotatable bonds is 17. The standard InChI is InChI=1S/C30H16O28/c31-4(32)1-3(28(54)58-30(56)17-14(26(50)51)10(22(42)43)7(19(36)37)11(23(44)45)15(17)27(52)53)2-5(33)57-29(55)16-12(24(46)47)8(20(38)39)6(18(34)35)9(21(40)41)13(16)25(48)49/h3H,1-2H2,(H,31,32)(H,34,35)(H,36,37)(H,38,39)(H,40,41)(H,42,43)(H,44,45)(H,46,47)(H,48,49)(H,50,51)(H,52,53). The van der Waals surface area contributed by atoms with Gasteiger partial charge >= 0.3 is 89.5 Å². The molecule has 0 spiro atoms. The first kappa shape index (κ1) is 45.0. The van der Waals surface area contributed by atoms with Gasteiger partial charge in [0.15, 0.2) is 0 Å². The number of carbonyl (C=O) groups excluding carboxylic acids is 4. The van der Waals surface area contributed by atoms with Crippen molar-refractivity contribution in [2.75, 3.05) is 0 Å². The van der Waals surface area contributed by atoms with Gasteiger partial charge in [0.25, 0.3) is 0 Å². The molecule has 1 atom stereocenters. The van der Waals surface area contributed by atoms with Gasteiger partial charge in [-0.1, -0.05) is 0 Å². The molecule has 304 valence electrons. The zero-order chi connectivity index (χ0) is 45.0. The predicted molar refractivity (Wildman–Crippen MR) is 164 cm³/mol. The number of aliphatic carboxylic acids is 1. The van der Waals surface area contributed by atoms with Crippen LogP contribution in [-0.2, 0) is 23.9 Å². The minimum absolute atomic E-state index is 1.70. The first-order valence-corrected chi connectivity index (χ1v) is 14.2. The SMILES string of the molecule is O=C(O)CC(CC(=O)OC(=O)c1c(C(=O)O)c(C(=O)O)c(C(=O)O)c(C(=O)O)c1C(=O)O)C(=O)OC(=O)c1c(C(=O)O)c(C(=O)O)c(C(=O)O)c(C(=O)O)c1C(=O)O. The topological polar surface area (TPSA) is 497 Å². The summed E-state index contributed by atoms with van der Waals surface area (Å²) >= 11 is 0. The highest BCUT2D eigenvalue weighted by Gasteiger charge is 2.44. The summed E-state index contributed by atoms with van der Waals surface area (Å²) in [6, 6.07) is 0. The number of hydrogen-bond acceptors (Lipinski definition) is 17. The van der Waals surface area contributed by atoms with Crippen molar-refractivity contribution in [3.05, 3.63) is 66.8 Å². The molecule has 2 rings (SSSR count). The van der Waals surface area contributed by atoms with Crippen LogP contribution in [0.2, 0.25) is 0 Å². The van der Waals surface area contributed by atoms with E-state index in [0.717, 1.165) is 0 Å². The molecule has 0 aromatic heterocycles. The maximum Gasteiger partial charge on any atom is 0.347 e. The number of carbonyl (C=O) groups is 15. The van der Waals surface area contributed by atoms with E-state index >= 15 is 0 Å². The van der Waals surface area contributed by atoms with E-state index in [1.54, 1.807) is 0 Å². The van der Waals surface area contributed by atoms with E-state index in [1.807, 2.05) is 0 Å². The van der Waals surface area contributed by atoms with Gasteiger partial charge in [0.05, 0.1) is 85.5 Å². The van der Waals surface area contributed by atoms with Crippen molar-refractivity contribution in [1.82, 2.24) is 0 Å². The van der Waals surface area contributed by atoms with Crippen molar-refractivity contribution >= 4 is 89.5 Å². The van der Waals surface area contributed by atoms with Gasteiger partial charge in [-0.25, -0.2) is 57.5 Å². The fourth-order valence-electron chi connectivity index (χ4n) is 5.12. The Morgan fingerprint density at radius 1 is 0.310 bits per heavy atom. The third kappa shape index (κ3) is 8.64. The molecule has 0 aliphatic rings. The number of ether oxygens (including phenoxy) is 2. The van der Waals surface area contributed by atoms with Gasteiger partial charge in [-0.3, -0.25) is 14.4 Å². The lowest BCUT2D eigenvalue weighted by Gasteiger charge is -2.18. The Hall–Kier alpha value is -9.11. The Kier molecular flexibility index (Phi) is 13.1. The number of benzene rings is 2. The van der Waals surface area contributed by atoms with Gasteiger partial charge in [0.1, 0.15) is 0 Å². The third-order valence-electron chi connectivity index (χ3n) is 7.11. The van der Waals surface area contributed by atoms with Gasteiger partial charge in [-0.2, -0.15) is 0 Å². The van der Waals surface area contributed by atoms with Gasteiger partial charge in [-0.05, 0) is 0 Å². The van der Waals surface area contributed by atoms with E-state index in [-0.39, 0.29) is 0 Å². The highest BCUT2D eigenvalue weighted by atomic mass is 16.6. The van der Waals surface area contributed by atoms with Gasteiger partial charge in [0.2, 0.25) is 0 Å². The Bertz CT molecular complexity index is 2270. The smallest absolute Gasteiger partial charge is 0.347 e. The van der Waals surface area contributed by atoms with Gasteiger partial charge < -0.3 is 65.6 Å². The summed E-state index contributed by atoms with van der Waals surface area (Å²) in [6.07, 6.45) is -3.58. The van der Waals surface area contributed by atoms with Crippen molar-refractivity contribution < 1.29 is 138 Å². The fraction of sp³-hybridized carbons (Fsp3) is 0.100. The molecule has 0 saturated heterocycles. The molecule has 0 radical (unpaired) electrons. The van der Waals surface area contributed by atoms with Crippen LogP contribution in [0.5, 0.6) is 0 Å². The van der Waals surface area contributed by atoms with Crippen molar-refractivity contribution in [3.63, 3.8) is 0 Å². The summed E-state index contributed by atoms with van der Waals surface area (Å²) in [4.78, 5) is 183. The molecule has 0 saturated carbocycles. The van der Waals surface area contributed by atoms with Crippen LogP contribution in [0.4, 0.5) is 0 Å². The second kappa shape index (κ2) is 16.9. The predicted octanol–water partition coefficient (Wildman–Crippen LogP) is -0.783. The Balaban J connectivity index is 2.82. The van der Waals surface area contributed by atoms with E-state index in [4.69, 9.17) is 0 Å². The fourth-order valence-corrected chi connectivity index (χ4v) is 5.12. The molecule has 28 nitrogen and oxygen atoms in total. The summed E-state index contributed by atoms with van der Waals surface area (Å²) in [5.41, 5.74) is -24.8. The molecule has 28 heteroatoms. The van der Waals surface area contributed by atoms with Gasteiger partial charge in [0, 0.05) is 0 Å². The van der Waals surface area contributed by atoms with Crippen molar-refractivity contribution in [2.24, 2.45) is 5.92 Å². The molecular formula is C30H16O28. The summed E-state index contributed by atoms with van der Waals surface area (Å²) in [6.45, 7) is 0. The van der Waals surface area contributed by atoms with Crippen molar-refractivity contribution in [3.8, 4) is 0 Å². The molecule has 0 fully saturated rings. The van der Waals surface area contributed by atoms with Crippen LogP contribution >= 0.6 is 0 Å². The minimum Gasteiger partial charge on any atom is -0.481 e. The summed E-state index contributed by atoms with van der Waals surface area (Å²) in [5.74, 6) is -40.8. The molecule has 1 unspecified atom stereocenters. The normalized spacial score (nSPS) is 10.9. The van der Waals surface area contributed by atoms with E-state index in [2.05, 4.69) is 9.47 Å². The molecule has 0 aliphatic heterocycles. The molecular weight excluding hydrogens is 808 g/mol. The first-order chi connectivity index (χ1) is 26.6. The number of aromatic carboxylic acids is 10. The van der Waals surface area contributed by atoms with Crippen molar-refractivity contribution in [2.45, 2.75) is 12.8 Å². The summed E-state index contributed by atoms with van der Waals surface area (Å²) in [7, 11) is 0. The molecule has 0 bridgehead atoms. The highest BCUT2D eigenvalue weighted by molar-refractivity contribution is 6.25. The van der Waals surface area contributed by atoms with Crippen LogP contribution in [0.1, 0.15) is 137 Å². The number of carboxylic acids is 11. The molecule has 0 heterocycles. The lowest BCUT2D eigenvalue weighted by molar-refractivity contribution is -0.153. The molecule has 58 heavy (non-hydrogen) atoms. The van der Waals surface area contributed by atoms with Crippen molar-refractivity contribution in [1.29, 1.82) is 0 Å². The molecule has 2 aromatic rings. The van der Waals surface area contributed by atoms with Crippen LogP contribution < -0.4 is 0 Å². The zero-order valence-corrected chi connectivity index (χ0v) is 27.4.